The maximum Gasteiger partial charge on any atom is 0.270 e. The van der Waals surface area contributed by atoms with Gasteiger partial charge in [-0.15, -0.1) is 0 Å². The molecular weight excluding hydrogens is 314 g/mol. The van der Waals surface area contributed by atoms with E-state index in [1.54, 1.807) is 7.11 Å². The van der Waals surface area contributed by atoms with Gasteiger partial charge in [-0.2, -0.15) is 5.10 Å². The molecule has 2 N–H and O–H groups in total. The summed E-state index contributed by atoms with van der Waals surface area (Å²) in [6.45, 7) is 2.13. The molecule has 0 fully saturated rings. The van der Waals surface area contributed by atoms with Gasteiger partial charge in [-0.1, -0.05) is 31.2 Å². The van der Waals surface area contributed by atoms with E-state index in [4.69, 9.17) is 4.74 Å². The molecule has 0 radical (unpaired) electrons. The molecule has 1 aromatic heterocycles. The third-order valence-corrected chi connectivity index (χ3v) is 4.68. The number of ether oxygens (including phenoxy) is 1. The fraction of sp³-hybridized carbons (Fsp3) is 0.200. The first kappa shape index (κ1) is 15.4. The first-order valence-corrected chi connectivity index (χ1v) is 8.33. The van der Waals surface area contributed by atoms with Crippen LogP contribution < -0.4 is 10.1 Å². The van der Waals surface area contributed by atoms with Crippen LogP contribution in [0.15, 0.2) is 48.5 Å². The number of benzene rings is 2. The van der Waals surface area contributed by atoms with Crippen molar-refractivity contribution >= 4 is 5.91 Å². The summed E-state index contributed by atoms with van der Waals surface area (Å²) in [4.78, 5) is 12.3. The Labute approximate surface area is 146 Å². The third-order valence-electron chi connectivity index (χ3n) is 4.68. The van der Waals surface area contributed by atoms with Crippen molar-refractivity contribution in [3.8, 4) is 17.0 Å². The fourth-order valence-corrected chi connectivity index (χ4v) is 3.24. The summed E-state index contributed by atoms with van der Waals surface area (Å²) < 4.78 is 5.21. The van der Waals surface area contributed by atoms with Gasteiger partial charge in [-0.05, 0) is 41.8 Å². The molecule has 25 heavy (non-hydrogen) atoms. The van der Waals surface area contributed by atoms with E-state index in [-0.39, 0.29) is 11.9 Å². The molecule has 2 heterocycles. The highest BCUT2D eigenvalue weighted by Gasteiger charge is 2.35. The average molecular weight is 333 g/mol. The zero-order chi connectivity index (χ0) is 17.4. The minimum atomic E-state index is -0.191. The highest BCUT2D eigenvalue weighted by molar-refractivity contribution is 6.00. The topological polar surface area (TPSA) is 67.0 Å². The quantitative estimate of drug-likeness (QED) is 0.768. The van der Waals surface area contributed by atoms with Crippen LogP contribution in [0.25, 0.3) is 11.3 Å². The van der Waals surface area contributed by atoms with E-state index in [1.165, 1.54) is 5.56 Å². The van der Waals surface area contributed by atoms with Crippen LogP contribution >= 0.6 is 0 Å². The number of carbonyl (C=O) groups is 1. The molecule has 1 aliphatic heterocycles. The van der Waals surface area contributed by atoms with Crippen LogP contribution in [0.1, 0.15) is 40.1 Å². The minimum absolute atomic E-state index is 0.119. The zero-order valence-corrected chi connectivity index (χ0v) is 14.2. The number of amides is 1. The van der Waals surface area contributed by atoms with Crippen LogP contribution in [-0.4, -0.2) is 23.2 Å². The molecule has 0 spiro atoms. The Bertz CT molecular complexity index is 911. The highest BCUT2D eigenvalue weighted by Crippen LogP contribution is 2.37. The number of hydrogen-bond donors (Lipinski definition) is 2. The van der Waals surface area contributed by atoms with Crippen LogP contribution in [0.5, 0.6) is 5.75 Å². The molecule has 0 aliphatic carbocycles. The van der Waals surface area contributed by atoms with Crippen molar-refractivity contribution in [2.24, 2.45) is 0 Å². The number of fused-ring (bicyclic) bond motifs is 1. The van der Waals surface area contributed by atoms with E-state index in [9.17, 15) is 4.79 Å². The zero-order valence-electron chi connectivity index (χ0n) is 14.2. The smallest absolute Gasteiger partial charge is 0.270 e. The van der Waals surface area contributed by atoms with Crippen LogP contribution in [0.2, 0.25) is 0 Å². The number of aromatic amines is 1. The number of nitrogens with zero attached hydrogens (tertiary/aromatic N) is 1. The van der Waals surface area contributed by atoms with E-state index >= 15 is 0 Å². The Morgan fingerprint density at radius 2 is 1.80 bits per heavy atom. The molecule has 1 atom stereocenters. The molecule has 0 bridgehead atoms. The van der Waals surface area contributed by atoms with Crippen LogP contribution in [0.4, 0.5) is 0 Å². The van der Waals surface area contributed by atoms with Gasteiger partial charge in [0.2, 0.25) is 0 Å². The van der Waals surface area contributed by atoms with Gasteiger partial charge in [0.05, 0.1) is 18.8 Å². The lowest BCUT2D eigenvalue weighted by Crippen LogP contribution is -2.21. The number of nitrogens with one attached hydrogen (secondary N) is 2. The number of carbonyl (C=O) groups excluding carboxylic acids is 1. The molecule has 2 aromatic carbocycles. The van der Waals surface area contributed by atoms with Crippen LogP contribution in [-0.2, 0) is 6.42 Å². The molecule has 1 amide bonds. The average Bonchev–Trinajstić information content (AvgIpc) is 3.23. The predicted octanol–water partition coefficient (Wildman–Crippen LogP) is 3.48. The lowest BCUT2D eigenvalue weighted by molar-refractivity contribution is 0.0955. The first-order valence-electron chi connectivity index (χ1n) is 8.33. The standard InChI is InChI=1S/C20H19N3O2/c1-3-12-4-6-13(7-5-12)17-16-18(22-23-19(16)20(24)21-17)14-8-10-15(25-2)11-9-14/h4-11,17H,3H2,1-2H3,(H,21,24)(H,22,23)/t17-/m0/s1. The number of rotatable bonds is 4. The Kier molecular flexibility index (Phi) is 3.76. The van der Waals surface area contributed by atoms with E-state index in [1.807, 2.05) is 24.3 Å². The maximum atomic E-state index is 12.3. The molecule has 0 saturated carbocycles. The lowest BCUT2D eigenvalue weighted by Gasteiger charge is -2.14. The van der Waals surface area contributed by atoms with Gasteiger partial charge in [0.15, 0.2) is 0 Å². The molecule has 5 heteroatoms. The van der Waals surface area contributed by atoms with Crippen molar-refractivity contribution in [2.75, 3.05) is 7.11 Å². The summed E-state index contributed by atoms with van der Waals surface area (Å²) in [7, 11) is 1.64. The Balaban J connectivity index is 1.77. The summed E-state index contributed by atoms with van der Waals surface area (Å²) in [5.74, 6) is 0.670. The number of methoxy groups -OCH3 is 1. The van der Waals surface area contributed by atoms with Crippen molar-refractivity contribution in [2.45, 2.75) is 19.4 Å². The molecule has 0 saturated heterocycles. The number of H-pyrrole nitrogens is 1. The Morgan fingerprint density at radius 3 is 2.44 bits per heavy atom. The SMILES string of the molecule is CCc1ccc([C@@H]2NC(=O)c3[nH]nc(-c4ccc(OC)cc4)c32)cc1. The third kappa shape index (κ3) is 2.58. The summed E-state index contributed by atoms with van der Waals surface area (Å²) >= 11 is 0. The second kappa shape index (κ2) is 6.09. The van der Waals surface area contributed by atoms with E-state index in [0.29, 0.717) is 5.69 Å². The molecular formula is C20H19N3O2. The highest BCUT2D eigenvalue weighted by atomic mass is 16.5. The monoisotopic (exact) mass is 333 g/mol. The molecule has 1 aliphatic rings. The molecule has 3 aromatic rings. The van der Waals surface area contributed by atoms with Crippen molar-refractivity contribution in [1.29, 1.82) is 0 Å². The minimum Gasteiger partial charge on any atom is -0.497 e. The van der Waals surface area contributed by atoms with E-state index in [0.717, 1.165) is 34.6 Å². The predicted molar refractivity (Wildman–Crippen MR) is 95.7 cm³/mol. The van der Waals surface area contributed by atoms with Crippen molar-refractivity contribution in [3.05, 3.63) is 70.9 Å². The summed E-state index contributed by atoms with van der Waals surface area (Å²) in [5.41, 5.74) is 5.51. The summed E-state index contributed by atoms with van der Waals surface area (Å²) in [6.07, 6.45) is 0.991. The number of aromatic nitrogens is 2. The molecule has 0 unspecified atom stereocenters. The lowest BCUT2D eigenvalue weighted by atomic mass is 9.96. The Hall–Kier alpha value is -3.08. The van der Waals surface area contributed by atoms with Gasteiger partial charge in [0.25, 0.3) is 5.91 Å². The maximum absolute atomic E-state index is 12.3. The second-order valence-electron chi connectivity index (χ2n) is 6.09. The van der Waals surface area contributed by atoms with Gasteiger partial charge < -0.3 is 10.1 Å². The van der Waals surface area contributed by atoms with Gasteiger partial charge in [-0.25, -0.2) is 0 Å². The van der Waals surface area contributed by atoms with E-state index in [2.05, 4.69) is 46.7 Å². The van der Waals surface area contributed by atoms with Gasteiger partial charge in [-0.3, -0.25) is 9.89 Å². The van der Waals surface area contributed by atoms with Gasteiger partial charge in [0, 0.05) is 11.1 Å². The summed E-state index contributed by atoms with van der Waals surface area (Å²) in [5, 5.41) is 10.3. The fourth-order valence-electron chi connectivity index (χ4n) is 3.24. The normalized spacial score (nSPS) is 15.8. The van der Waals surface area contributed by atoms with Gasteiger partial charge in [0.1, 0.15) is 11.4 Å². The largest absolute Gasteiger partial charge is 0.497 e. The molecule has 5 nitrogen and oxygen atoms in total. The van der Waals surface area contributed by atoms with E-state index < -0.39 is 0 Å². The molecule has 126 valence electrons. The molecule has 4 rings (SSSR count). The second-order valence-corrected chi connectivity index (χ2v) is 6.09. The Morgan fingerprint density at radius 1 is 1.08 bits per heavy atom. The summed E-state index contributed by atoms with van der Waals surface area (Å²) in [6, 6.07) is 15.9. The van der Waals surface area contributed by atoms with Crippen LogP contribution in [0, 0.1) is 0 Å². The van der Waals surface area contributed by atoms with Crippen molar-refractivity contribution in [3.63, 3.8) is 0 Å². The van der Waals surface area contributed by atoms with Crippen LogP contribution in [0.3, 0.4) is 0 Å². The van der Waals surface area contributed by atoms with Crippen molar-refractivity contribution < 1.29 is 9.53 Å². The number of aryl methyl sites for hydroxylation is 1. The van der Waals surface area contributed by atoms with Gasteiger partial charge >= 0.3 is 0 Å². The van der Waals surface area contributed by atoms with Crippen molar-refractivity contribution in [1.82, 2.24) is 15.5 Å². The first-order chi connectivity index (χ1) is 12.2. The number of hydrogen-bond acceptors (Lipinski definition) is 3.